The molecule has 0 saturated heterocycles. The molecule has 92 valence electrons. The van der Waals surface area contributed by atoms with Crippen LogP contribution in [0.4, 0.5) is 0 Å². The molecule has 1 fully saturated rings. The van der Waals surface area contributed by atoms with E-state index in [4.69, 9.17) is 5.11 Å². The number of hydrogen-bond acceptors (Lipinski definition) is 2. The van der Waals surface area contributed by atoms with Crippen LogP contribution in [0.3, 0.4) is 0 Å². The predicted octanol–water partition coefficient (Wildman–Crippen LogP) is 2.34. The molecule has 3 nitrogen and oxygen atoms in total. The Balaban J connectivity index is 1.90. The van der Waals surface area contributed by atoms with Crippen molar-refractivity contribution in [1.29, 1.82) is 0 Å². The highest BCUT2D eigenvalue weighted by Crippen LogP contribution is 2.47. The molecule has 0 aliphatic heterocycles. The van der Waals surface area contributed by atoms with E-state index in [0.29, 0.717) is 12.1 Å². The van der Waals surface area contributed by atoms with Crippen LogP contribution in [0.15, 0.2) is 28.7 Å². The van der Waals surface area contributed by atoms with Crippen LogP contribution in [0.5, 0.6) is 0 Å². The number of nitrogens with one attached hydrogen (secondary N) is 1. The van der Waals surface area contributed by atoms with E-state index in [2.05, 4.69) is 21.2 Å². The second-order valence-electron chi connectivity index (χ2n) is 4.67. The third kappa shape index (κ3) is 3.30. The molecule has 0 aromatic heterocycles. The van der Waals surface area contributed by atoms with E-state index >= 15 is 0 Å². The van der Waals surface area contributed by atoms with Crippen molar-refractivity contribution in [2.75, 3.05) is 13.2 Å². The predicted molar refractivity (Wildman–Crippen MR) is 69.8 cm³/mol. The standard InChI is InChI=1S/C13H16BrNO2/c14-11-3-1-2-10(8-11)12(17)15-9-13(4-5-13)6-7-16/h1-3,8,16H,4-7,9H2,(H,15,17). The molecule has 1 amide bonds. The van der Waals surface area contributed by atoms with Gasteiger partial charge < -0.3 is 10.4 Å². The average Bonchev–Trinajstić information content (AvgIpc) is 3.07. The molecule has 0 heterocycles. The minimum Gasteiger partial charge on any atom is -0.396 e. The van der Waals surface area contributed by atoms with Crippen LogP contribution in [0, 0.1) is 5.41 Å². The van der Waals surface area contributed by atoms with E-state index in [-0.39, 0.29) is 17.9 Å². The molecule has 17 heavy (non-hydrogen) atoms. The molecule has 0 atom stereocenters. The van der Waals surface area contributed by atoms with Gasteiger partial charge in [0.15, 0.2) is 0 Å². The molecule has 1 aliphatic rings. The van der Waals surface area contributed by atoms with Crippen molar-refractivity contribution in [1.82, 2.24) is 5.32 Å². The maximum atomic E-state index is 11.9. The van der Waals surface area contributed by atoms with E-state index in [0.717, 1.165) is 23.7 Å². The zero-order valence-corrected chi connectivity index (χ0v) is 11.2. The van der Waals surface area contributed by atoms with Gasteiger partial charge in [0.2, 0.25) is 0 Å². The number of hydrogen-bond donors (Lipinski definition) is 2. The highest BCUT2D eigenvalue weighted by Gasteiger charge is 2.41. The van der Waals surface area contributed by atoms with Gasteiger partial charge in [-0.3, -0.25) is 4.79 Å². The van der Waals surface area contributed by atoms with Crippen LogP contribution in [-0.2, 0) is 0 Å². The molecular formula is C13H16BrNO2. The normalized spacial score (nSPS) is 16.6. The number of rotatable bonds is 5. The summed E-state index contributed by atoms with van der Waals surface area (Å²) < 4.78 is 0.904. The highest BCUT2D eigenvalue weighted by atomic mass is 79.9. The maximum Gasteiger partial charge on any atom is 0.251 e. The number of aliphatic hydroxyl groups is 1. The minimum absolute atomic E-state index is 0.0458. The zero-order chi connectivity index (χ0) is 12.3. The SMILES string of the molecule is O=C(NCC1(CCO)CC1)c1cccc(Br)c1. The third-order valence-corrected chi connectivity index (χ3v) is 3.80. The number of halogens is 1. The van der Waals surface area contributed by atoms with Crippen molar-refractivity contribution in [2.45, 2.75) is 19.3 Å². The Labute approximate surface area is 109 Å². The number of amides is 1. The van der Waals surface area contributed by atoms with Gasteiger partial charge in [0.1, 0.15) is 0 Å². The largest absolute Gasteiger partial charge is 0.396 e. The minimum atomic E-state index is -0.0458. The summed E-state index contributed by atoms with van der Waals surface area (Å²) in [6.45, 7) is 0.867. The molecule has 0 radical (unpaired) electrons. The number of carbonyl (C=O) groups is 1. The summed E-state index contributed by atoms with van der Waals surface area (Å²) in [7, 11) is 0. The fourth-order valence-electron chi connectivity index (χ4n) is 1.93. The quantitative estimate of drug-likeness (QED) is 0.876. The first-order valence-corrected chi connectivity index (χ1v) is 6.59. The summed E-state index contributed by atoms with van der Waals surface area (Å²) in [6.07, 6.45) is 2.99. The number of aliphatic hydroxyl groups excluding tert-OH is 1. The molecule has 0 spiro atoms. The monoisotopic (exact) mass is 297 g/mol. The lowest BCUT2D eigenvalue weighted by atomic mass is 10.0. The molecule has 4 heteroatoms. The summed E-state index contributed by atoms with van der Waals surface area (Å²) >= 11 is 3.35. The van der Waals surface area contributed by atoms with Crippen LogP contribution in [0.2, 0.25) is 0 Å². The van der Waals surface area contributed by atoms with E-state index in [1.54, 1.807) is 12.1 Å². The van der Waals surface area contributed by atoms with Crippen molar-refractivity contribution in [2.24, 2.45) is 5.41 Å². The van der Waals surface area contributed by atoms with Gasteiger partial charge >= 0.3 is 0 Å². The van der Waals surface area contributed by atoms with Crippen molar-refractivity contribution < 1.29 is 9.90 Å². The molecule has 0 bridgehead atoms. The Hall–Kier alpha value is -0.870. The molecule has 1 aliphatic carbocycles. The van der Waals surface area contributed by atoms with Crippen molar-refractivity contribution in [3.05, 3.63) is 34.3 Å². The van der Waals surface area contributed by atoms with Crippen molar-refractivity contribution >= 4 is 21.8 Å². The number of carbonyl (C=O) groups excluding carboxylic acids is 1. The van der Waals surface area contributed by atoms with Crippen LogP contribution in [0.1, 0.15) is 29.6 Å². The molecule has 1 aromatic rings. The van der Waals surface area contributed by atoms with Crippen LogP contribution < -0.4 is 5.32 Å². The van der Waals surface area contributed by atoms with E-state index in [1.807, 2.05) is 12.1 Å². The summed E-state index contributed by atoms with van der Waals surface area (Å²) in [5, 5.41) is 11.9. The van der Waals surface area contributed by atoms with Gasteiger partial charge in [0.25, 0.3) is 5.91 Å². The Morgan fingerprint density at radius 3 is 2.82 bits per heavy atom. The Kier molecular flexibility index (Phi) is 3.84. The fraction of sp³-hybridized carbons (Fsp3) is 0.462. The zero-order valence-electron chi connectivity index (χ0n) is 9.58. The first-order valence-electron chi connectivity index (χ1n) is 5.80. The number of benzene rings is 1. The first-order chi connectivity index (χ1) is 8.15. The average molecular weight is 298 g/mol. The van der Waals surface area contributed by atoms with E-state index in [9.17, 15) is 4.79 Å². The smallest absolute Gasteiger partial charge is 0.251 e. The topological polar surface area (TPSA) is 49.3 Å². The summed E-state index contributed by atoms with van der Waals surface area (Å²) in [4.78, 5) is 11.9. The van der Waals surface area contributed by atoms with Crippen LogP contribution in [-0.4, -0.2) is 24.2 Å². The second-order valence-corrected chi connectivity index (χ2v) is 5.58. The maximum absolute atomic E-state index is 11.9. The lowest BCUT2D eigenvalue weighted by Crippen LogP contribution is -2.30. The van der Waals surface area contributed by atoms with Gasteiger partial charge in [-0.05, 0) is 42.9 Å². The molecular weight excluding hydrogens is 282 g/mol. The highest BCUT2D eigenvalue weighted by molar-refractivity contribution is 9.10. The van der Waals surface area contributed by atoms with Gasteiger partial charge in [-0.25, -0.2) is 0 Å². The van der Waals surface area contributed by atoms with Gasteiger partial charge in [0.05, 0.1) is 0 Å². The lowest BCUT2D eigenvalue weighted by Gasteiger charge is -2.14. The summed E-state index contributed by atoms with van der Waals surface area (Å²) in [5.41, 5.74) is 0.829. The van der Waals surface area contributed by atoms with Crippen molar-refractivity contribution in [3.63, 3.8) is 0 Å². The van der Waals surface area contributed by atoms with Crippen LogP contribution in [0.25, 0.3) is 0 Å². The summed E-state index contributed by atoms with van der Waals surface area (Å²) in [6, 6.07) is 7.34. The lowest BCUT2D eigenvalue weighted by molar-refractivity contribution is 0.0940. The van der Waals surface area contributed by atoms with E-state index in [1.165, 1.54) is 0 Å². The second kappa shape index (κ2) is 5.19. The molecule has 0 unspecified atom stereocenters. The molecule has 2 rings (SSSR count). The first kappa shape index (κ1) is 12.6. The van der Waals surface area contributed by atoms with Gasteiger partial charge in [-0.1, -0.05) is 22.0 Å². The van der Waals surface area contributed by atoms with Crippen molar-refractivity contribution in [3.8, 4) is 0 Å². The Morgan fingerprint density at radius 1 is 1.47 bits per heavy atom. The summed E-state index contributed by atoms with van der Waals surface area (Å²) in [5.74, 6) is -0.0458. The molecule has 2 N–H and O–H groups in total. The van der Waals surface area contributed by atoms with Gasteiger partial charge in [0, 0.05) is 23.2 Å². The van der Waals surface area contributed by atoms with E-state index < -0.39 is 0 Å². The molecule has 1 saturated carbocycles. The Morgan fingerprint density at radius 2 is 2.24 bits per heavy atom. The van der Waals surface area contributed by atoms with Gasteiger partial charge in [-0.15, -0.1) is 0 Å². The molecule has 1 aromatic carbocycles. The van der Waals surface area contributed by atoms with Crippen LogP contribution >= 0.6 is 15.9 Å². The Bertz CT molecular complexity index is 416. The fourth-order valence-corrected chi connectivity index (χ4v) is 2.33. The third-order valence-electron chi connectivity index (χ3n) is 3.31. The van der Waals surface area contributed by atoms with Gasteiger partial charge in [-0.2, -0.15) is 0 Å².